The summed E-state index contributed by atoms with van der Waals surface area (Å²) in [6.07, 6.45) is 0. The van der Waals surface area contributed by atoms with Gasteiger partial charge in [0, 0.05) is 26.2 Å². The lowest BCUT2D eigenvalue weighted by atomic mass is 9.78. The molecule has 0 N–H and O–H groups in total. The maximum atomic E-state index is 12.3. The zero-order chi connectivity index (χ0) is 18.9. The molecule has 0 aromatic heterocycles. The van der Waals surface area contributed by atoms with Gasteiger partial charge in [-0.1, -0.05) is 53.0 Å². The fourth-order valence-corrected chi connectivity index (χ4v) is 3.67. The first-order valence-corrected chi connectivity index (χ1v) is 9.06. The van der Waals surface area contributed by atoms with Crippen LogP contribution in [-0.4, -0.2) is 12.6 Å². The van der Waals surface area contributed by atoms with Gasteiger partial charge in [-0.05, 0) is 43.7 Å². The van der Waals surface area contributed by atoms with E-state index in [1.807, 2.05) is 12.1 Å². The molecule has 1 atom stereocenters. The molecule has 2 aromatic rings. The SMILES string of the molecule is CCOC(=O)C1=C(C)C(c2ccc(Cl)cc2)(c2ccc(Cl)cc2Cl)N=N1. The van der Waals surface area contributed by atoms with Crippen molar-refractivity contribution in [2.75, 3.05) is 6.61 Å². The van der Waals surface area contributed by atoms with Crippen LogP contribution in [0.15, 0.2) is 64.0 Å². The molecule has 1 unspecified atom stereocenters. The van der Waals surface area contributed by atoms with Gasteiger partial charge in [-0.3, -0.25) is 0 Å². The number of azo groups is 1. The number of carbonyl (C=O) groups is 1. The van der Waals surface area contributed by atoms with Crippen LogP contribution in [0, 0.1) is 0 Å². The third-order valence-electron chi connectivity index (χ3n) is 4.25. The molecule has 134 valence electrons. The highest BCUT2D eigenvalue weighted by molar-refractivity contribution is 6.35. The summed E-state index contributed by atoms with van der Waals surface area (Å²) in [5.74, 6) is -0.519. The van der Waals surface area contributed by atoms with Crippen LogP contribution in [0.4, 0.5) is 0 Å². The van der Waals surface area contributed by atoms with Crippen molar-refractivity contribution in [1.29, 1.82) is 0 Å². The average Bonchev–Trinajstić information content (AvgIpc) is 2.94. The average molecular weight is 410 g/mol. The monoisotopic (exact) mass is 408 g/mol. The van der Waals surface area contributed by atoms with E-state index >= 15 is 0 Å². The molecule has 3 rings (SSSR count). The first-order valence-electron chi connectivity index (χ1n) is 7.93. The van der Waals surface area contributed by atoms with Gasteiger partial charge in [0.05, 0.1) is 6.61 Å². The minimum Gasteiger partial charge on any atom is -0.461 e. The molecule has 1 heterocycles. The van der Waals surface area contributed by atoms with Gasteiger partial charge in [-0.2, -0.15) is 5.11 Å². The highest BCUT2D eigenvalue weighted by atomic mass is 35.5. The van der Waals surface area contributed by atoms with Crippen molar-refractivity contribution in [2.24, 2.45) is 10.2 Å². The van der Waals surface area contributed by atoms with Crippen molar-refractivity contribution in [3.8, 4) is 0 Å². The van der Waals surface area contributed by atoms with Crippen LogP contribution in [-0.2, 0) is 15.1 Å². The number of ether oxygens (including phenoxy) is 1. The van der Waals surface area contributed by atoms with E-state index in [0.717, 1.165) is 5.56 Å². The Kier molecular flexibility index (Phi) is 5.37. The van der Waals surface area contributed by atoms with Gasteiger partial charge in [0.1, 0.15) is 0 Å². The number of esters is 1. The second kappa shape index (κ2) is 7.39. The standard InChI is InChI=1S/C19H15Cl3N2O2/c1-3-26-18(25)17-11(2)19(24-23-17,12-4-6-13(20)7-5-12)15-9-8-14(21)10-16(15)22/h4-10H,3H2,1-2H3. The lowest BCUT2D eigenvalue weighted by Gasteiger charge is -2.29. The molecule has 0 saturated heterocycles. The molecule has 0 saturated carbocycles. The normalized spacial score (nSPS) is 19.1. The zero-order valence-electron chi connectivity index (χ0n) is 14.1. The highest BCUT2D eigenvalue weighted by Gasteiger charge is 2.45. The van der Waals surface area contributed by atoms with E-state index in [9.17, 15) is 4.79 Å². The van der Waals surface area contributed by atoms with Crippen LogP contribution in [0.1, 0.15) is 25.0 Å². The highest BCUT2D eigenvalue weighted by Crippen LogP contribution is 2.49. The quantitative estimate of drug-likeness (QED) is 0.565. The Hall–Kier alpha value is -1.88. The summed E-state index contributed by atoms with van der Waals surface area (Å²) < 4.78 is 5.10. The molecule has 0 spiro atoms. The predicted molar refractivity (Wildman–Crippen MR) is 103 cm³/mol. The van der Waals surface area contributed by atoms with Crippen molar-refractivity contribution >= 4 is 40.8 Å². The smallest absolute Gasteiger partial charge is 0.358 e. The van der Waals surface area contributed by atoms with Crippen molar-refractivity contribution < 1.29 is 9.53 Å². The van der Waals surface area contributed by atoms with Crippen LogP contribution in [0.2, 0.25) is 15.1 Å². The predicted octanol–water partition coefficient (Wildman–Crippen LogP) is 6.19. The second-order valence-corrected chi connectivity index (χ2v) is 7.02. The van der Waals surface area contributed by atoms with E-state index in [2.05, 4.69) is 10.2 Å². The van der Waals surface area contributed by atoms with Crippen LogP contribution < -0.4 is 0 Å². The number of nitrogens with zero attached hydrogens (tertiary/aromatic N) is 2. The fourth-order valence-electron chi connectivity index (χ4n) is 3.00. The molecular weight excluding hydrogens is 395 g/mol. The molecule has 7 heteroatoms. The summed E-state index contributed by atoms with van der Waals surface area (Å²) in [5.41, 5.74) is 1.21. The number of hydrogen-bond donors (Lipinski definition) is 0. The number of hydrogen-bond acceptors (Lipinski definition) is 4. The molecular formula is C19H15Cl3N2O2. The fraction of sp³-hybridized carbons (Fsp3) is 0.211. The Morgan fingerprint density at radius 1 is 1.08 bits per heavy atom. The Labute approximate surface area is 166 Å². The van der Waals surface area contributed by atoms with Crippen LogP contribution in [0.25, 0.3) is 0 Å². The maximum absolute atomic E-state index is 12.3. The van der Waals surface area contributed by atoms with Gasteiger partial charge in [-0.15, -0.1) is 5.11 Å². The number of halogens is 3. The van der Waals surface area contributed by atoms with E-state index in [1.165, 1.54) is 0 Å². The van der Waals surface area contributed by atoms with Gasteiger partial charge in [0.2, 0.25) is 0 Å². The van der Waals surface area contributed by atoms with Gasteiger partial charge < -0.3 is 4.74 Å². The summed E-state index contributed by atoms with van der Waals surface area (Å²) >= 11 is 18.6. The van der Waals surface area contributed by atoms with Crippen LogP contribution >= 0.6 is 34.8 Å². The van der Waals surface area contributed by atoms with E-state index < -0.39 is 11.5 Å². The third-order valence-corrected chi connectivity index (χ3v) is 5.05. The van der Waals surface area contributed by atoms with Gasteiger partial charge in [0.15, 0.2) is 11.2 Å². The molecule has 4 nitrogen and oxygen atoms in total. The topological polar surface area (TPSA) is 51.0 Å². The number of carbonyl (C=O) groups excluding carboxylic acids is 1. The first-order chi connectivity index (χ1) is 12.4. The summed E-state index contributed by atoms with van der Waals surface area (Å²) in [4.78, 5) is 12.3. The summed E-state index contributed by atoms with van der Waals surface area (Å²) in [6.45, 7) is 3.79. The molecule has 0 amide bonds. The lowest BCUT2D eigenvalue weighted by molar-refractivity contribution is -0.138. The molecule has 1 aliphatic rings. The molecule has 0 bridgehead atoms. The Morgan fingerprint density at radius 2 is 1.73 bits per heavy atom. The minimum atomic E-state index is -1.05. The van der Waals surface area contributed by atoms with E-state index in [1.54, 1.807) is 44.2 Å². The van der Waals surface area contributed by atoms with E-state index in [0.29, 0.717) is 26.2 Å². The molecule has 1 aliphatic heterocycles. The number of rotatable bonds is 4. The third kappa shape index (κ3) is 3.13. The molecule has 0 fully saturated rings. The largest absolute Gasteiger partial charge is 0.461 e. The van der Waals surface area contributed by atoms with Gasteiger partial charge in [-0.25, -0.2) is 4.79 Å². The Balaban J connectivity index is 2.27. The van der Waals surface area contributed by atoms with Crippen molar-refractivity contribution in [2.45, 2.75) is 19.4 Å². The van der Waals surface area contributed by atoms with E-state index in [-0.39, 0.29) is 12.3 Å². The first kappa shape index (κ1) is 18.9. The van der Waals surface area contributed by atoms with E-state index in [4.69, 9.17) is 39.5 Å². The van der Waals surface area contributed by atoms with Crippen molar-refractivity contribution in [1.82, 2.24) is 0 Å². The summed E-state index contributed by atoms with van der Waals surface area (Å²) in [5, 5.41) is 10.1. The zero-order valence-corrected chi connectivity index (χ0v) is 16.4. The van der Waals surface area contributed by atoms with Gasteiger partial charge in [0.25, 0.3) is 0 Å². The lowest BCUT2D eigenvalue weighted by Crippen LogP contribution is -2.26. The van der Waals surface area contributed by atoms with Crippen LogP contribution in [0.5, 0.6) is 0 Å². The molecule has 2 aromatic carbocycles. The number of benzene rings is 2. The minimum absolute atomic E-state index is 0.174. The summed E-state index contributed by atoms with van der Waals surface area (Å²) in [6, 6.07) is 12.3. The van der Waals surface area contributed by atoms with Crippen LogP contribution in [0.3, 0.4) is 0 Å². The Morgan fingerprint density at radius 3 is 2.35 bits per heavy atom. The van der Waals surface area contributed by atoms with Crippen molar-refractivity contribution in [3.05, 3.63) is 79.9 Å². The van der Waals surface area contributed by atoms with Gasteiger partial charge >= 0.3 is 5.97 Å². The second-order valence-electron chi connectivity index (χ2n) is 5.74. The Bertz CT molecular complexity index is 923. The molecule has 0 radical (unpaired) electrons. The summed E-state index contributed by atoms with van der Waals surface area (Å²) in [7, 11) is 0. The maximum Gasteiger partial charge on any atom is 0.358 e. The molecule has 26 heavy (non-hydrogen) atoms. The molecule has 0 aliphatic carbocycles. The van der Waals surface area contributed by atoms with Crippen molar-refractivity contribution in [3.63, 3.8) is 0 Å².